The van der Waals surface area contributed by atoms with Gasteiger partial charge in [-0.2, -0.15) is 0 Å². The number of carbonyl (C=O) groups excluding carboxylic acids is 2. The van der Waals surface area contributed by atoms with E-state index in [0.717, 1.165) is 11.3 Å². The van der Waals surface area contributed by atoms with Gasteiger partial charge < -0.3 is 23.7 Å². The van der Waals surface area contributed by atoms with E-state index in [1.807, 2.05) is 24.3 Å². The summed E-state index contributed by atoms with van der Waals surface area (Å²) in [6.07, 6.45) is 0.708. The fourth-order valence-corrected chi connectivity index (χ4v) is 3.70. The predicted octanol–water partition coefficient (Wildman–Crippen LogP) is 2.03. The largest absolute Gasteiger partial charge is 0.497 e. The molecule has 1 aromatic carbocycles. The Morgan fingerprint density at radius 3 is 2.85 bits per heavy atom. The summed E-state index contributed by atoms with van der Waals surface area (Å²) < 4.78 is 16.8. The highest BCUT2D eigenvalue weighted by Gasteiger charge is 2.45. The van der Waals surface area contributed by atoms with Gasteiger partial charge in [0.25, 0.3) is 5.91 Å². The molecule has 0 saturated carbocycles. The van der Waals surface area contributed by atoms with E-state index in [4.69, 9.17) is 13.9 Å². The van der Waals surface area contributed by atoms with Gasteiger partial charge in [-0.3, -0.25) is 9.59 Å². The second-order valence-electron chi connectivity index (χ2n) is 7.09. The van der Waals surface area contributed by atoms with Crippen molar-refractivity contribution in [1.29, 1.82) is 0 Å². The SMILES string of the molecule is COc1cccc(-c2ccc(C(=O)N3CC[C@]4(CN(C)C(=O)CO4)C3)o2)c1. The van der Waals surface area contributed by atoms with Crippen LogP contribution in [0.1, 0.15) is 17.0 Å². The van der Waals surface area contributed by atoms with Crippen molar-refractivity contribution in [2.75, 3.05) is 40.4 Å². The molecule has 0 aliphatic carbocycles. The fraction of sp³-hybridized carbons (Fsp3) is 0.400. The van der Waals surface area contributed by atoms with E-state index >= 15 is 0 Å². The van der Waals surface area contributed by atoms with Gasteiger partial charge in [0, 0.05) is 19.2 Å². The summed E-state index contributed by atoms with van der Waals surface area (Å²) in [6.45, 7) is 1.61. The highest BCUT2D eigenvalue weighted by molar-refractivity contribution is 5.92. The lowest BCUT2D eigenvalue weighted by Gasteiger charge is -2.38. The molecule has 0 N–H and O–H groups in total. The summed E-state index contributed by atoms with van der Waals surface area (Å²) in [6, 6.07) is 11.0. The Labute approximate surface area is 157 Å². The van der Waals surface area contributed by atoms with Crippen LogP contribution in [0.4, 0.5) is 0 Å². The van der Waals surface area contributed by atoms with Crippen LogP contribution in [0.15, 0.2) is 40.8 Å². The van der Waals surface area contributed by atoms with Gasteiger partial charge >= 0.3 is 0 Å². The van der Waals surface area contributed by atoms with Crippen molar-refractivity contribution in [2.45, 2.75) is 12.0 Å². The average molecular weight is 370 g/mol. The molecule has 2 amide bonds. The number of amides is 2. The number of hydrogen-bond donors (Lipinski definition) is 0. The fourth-order valence-electron chi connectivity index (χ4n) is 3.70. The quantitative estimate of drug-likeness (QED) is 0.827. The van der Waals surface area contributed by atoms with Crippen LogP contribution in [0.5, 0.6) is 5.75 Å². The van der Waals surface area contributed by atoms with Crippen LogP contribution in [0, 0.1) is 0 Å². The molecule has 1 aromatic heterocycles. The molecule has 7 heteroatoms. The molecular weight excluding hydrogens is 348 g/mol. The Hall–Kier alpha value is -2.80. The van der Waals surface area contributed by atoms with Crippen molar-refractivity contribution < 1.29 is 23.5 Å². The van der Waals surface area contributed by atoms with Gasteiger partial charge in [0.05, 0.1) is 20.2 Å². The third-order valence-electron chi connectivity index (χ3n) is 5.23. The molecule has 27 heavy (non-hydrogen) atoms. The number of hydrogen-bond acceptors (Lipinski definition) is 5. The Morgan fingerprint density at radius 1 is 1.22 bits per heavy atom. The molecule has 2 fully saturated rings. The van der Waals surface area contributed by atoms with E-state index in [0.29, 0.717) is 37.6 Å². The monoisotopic (exact) mass is 370 g/mol. The van der Waals surface area contributed by atoms with Crippen LogP contribution in [0.2, 0.25) is 0 Å². The average Bonchev–Trinajstić information content (AvgIpc) is 3.33. The minimum atomic E-state index is -0.472. The number of rotatable bonds is 3. The standard InChI is InChI=1S/C20H22N2O5/c1-21-12-20(26-11-18(21)23)8-9-22(13-20)19(24)17-7-6-16(27-17)14-4-3-5-15(10-14)25-2/h3-7,10H,8-9,11-13H2,1-2H3/t20-/m0/s1. The number of furan rings is 1. The Morgan fingerprint density at radius 2 is 2.07 bits per heavy atom. The van der Waals surface area contributed by atoms with Gasteiger partial charge in [-0.05, 0) is 30.7 Å². The minimum absolute atomic E-state index is 0.0284. The van der Waals surface area contributed by atoms with Gasteiger partial charge in [0.1, 0.15) is 23.7 Å². The molecule has 3 heterocycles. The number of ether oxygens (including phenoxy) is 2. The Balaban J connectivity index is 1.48. The molecule has 2 aromatic rings. The van der Waals surface area contributed by atoms with Crippen LogP contribution < -0.4 is 4.74 Å². The first kappa shape index (κ1) is 17.6. The number of morpholine rings is 1. The molecule has 2 saturated heterocycles. The Kier molecular flexibility index (Phi) is 4.39. The van der Waals surface area contributed by atoms with Gasteiger partial charge in [0.15, 0.2) is 5.76 Å². The molecule has 0 radical (unpaired) electrons. The summed E-state index contributed by atoms with van der Waals surface area (Å²) >= 11 is 0. The van der Waals surface area contributed by atoms with Crippen molar-refractivity contribution in [3.63, 3.8) is 0 Å². The maximum absolute atomic E-state index is 12.9. The molecule has 0 bridgehead atoms. The van der Waals surface area contributed by atoms with E-state index in [2.05, 4.69) is 0 Å². The van der Waals surface area contributed by atoms with Crippen molar-refractivity contribution in [2.24, 2.45) is 0 Å². The normalized spacial score (nSPS) is 22.5. The first-order chi connectivity index (χ1) is 13.0. The topological polar surface area (TPSA) is 72.2 Å². The lowest BCUT2D eigenvalue weighted by atomic mass is 10.0. The number of likely N-dealkylation sites (N-methyl/N-ethyl adjacent to an activating group) is 1. The van der Waals surface area contributed by atoms with E-state index in [1.165, 1.54) is 0 Å². The van der Waals surface area contributed by atoms with E-state index < -0.39 is 5.60 Å². The smallest absolute Gasteiger partial charge is 0.289 e. The predicted molar refractivity (Wildman–Crippen MR) is 97.5 cm³/mol. The van der Waals surface area contributed by atoms with Crippen LogP contribution in [-0.2, 0) is 9.53 Å². The molecular formula is C20H22N2O5. The zero-order chi connectivity index (χ0) is 19.0. The molecule has 2 aliphatic rings. The molecule has 1 atom stereocenters. The second-order valence-corrected chi connectivity index (χ2v) is 7.09. The number of likely N-dealkylation sites (tertiary alicyclic amines) is 1. The minimum Gasteiger partial charge on any atom is -0.497 e. The van der Waals surface area contributed by atoms with Crippen molar-refractivity contribution in [3.05, 3.63) is 42.2 Å². The molecule has 2 aliphatic heterocycles. The first-order valence-electron chi connectivity index (χ1n) is 8.91. The third kappa shape index (κ3) is 3.30. The highest BCUT2D eigenvalue weighted by Crippen LogP contribution is 2.31. The lowest BCUT2D eigenvalue weighted by molar-refractivity contribution is -0.158. The summed E-state index contributed by atoms with van der Waals surface area (Å²) in [4.78, 5) is 27.9. The van der Waals surface area contributed by atoms with Crippen molar-refractivity contribution >= 4 is 11.8 Å². The van der Waals surface area contributed by atoms with Gasteiger partial charge in [0.2, 0.25) is 5.91 Å². The number of nitrogens with zero attached hydrogens (tertiary/aromatic N) is 2. The number of carbonyl (C=O) groups is 2. The summed E-state index contributed by atoms with van der Waals surface area (Å²) in [7, 11) is 3.38. The zero-order valence-electron chi connectivity index (χ0n) is 15.4. The lowest BCUT2D eigenvalue weighted by Crippen LogP contribution is -2.54. The summed E-state index contributed by atoms with van der Waals surface area (Å²) in [5.41, 5.74) is 0.377. The first-order valence-corrected chi connectivity index (χ1v) is 8.91. The van der Waals surface area contributed by atoms with Crippen LogP contribution in [0.3, 0.4) is 0 Å². The van der Waals surface area contributed by atoms with Gasteiger partial charge in [-0.1, -0.05) is 12.1 Å². The van der Waals surface area contributed by atoms with Crippen molar-refractivity contribution in [3.8, 4) is 17.1 Å². The van der Waals surface area contributed by atoms with E-state index in [1.54, 1.807) is 36.1 Å². The zero-order valence-corrected chi connectivity index (χ0v) is 15.4. The highest BCUT2D eigenvalue weighted by atomic mass is 16.5. The maximum Gasteiger partial charge on any atom is 0.289 e. The maximum atomic E-state index is 12.9. The molecule has 1 spiro atoms. The molecule has 142 valence electrons. The second kappa shape index (κ2) is 6.74. The van der Waals surface area contributed by atoms with E-state index in [-0.39, 0.29) is 18.4 Å². The van der Waals surface area contributed by atoms with Gasteiger partial charge in [-0.15, -0.1) is 0 Å². The van der Waals surface area contributed by atoms with Crippen LogP contribution in [0.25, 0.3) is 11.3 Å². The van der Waals surface area contributed by atoms with Gasteiger partial charge in [-0.25, -0.2) is 0 Å². The van der Waals surface area contributed by atoms with Crippen LogP contribution >= 0.6 is 0 Å². The van der Waals surface area contributed by atoms with Crippen LogP contribution in [-0.4, -0.2) is 67.6 Å². The number of benzene rings is 1. The summed E-state index contributed by atoms with van der Waals surface area (Å²) in [5.74, 6) is 1.45. The van der Waals surface area contributed by atoms with Crippen molar-refractivity contribution in [1.82, 2.24) is 9.80 Å². The summed E-state index contributed by atoms with van der Waals surface area (Å²) in [5, 5.41) is 0. The molecule has 0 unspecified atom stereocenters. The Bertz CT molecular complexity index is 877. The molecule has 7 nitrogen and oxygen atoms in total. The third-order valence-corrected chi connectivity index (χ3v) is 5.23. The van der Waals surface area contributed by atoms with E-state index in [9.17, 15) is 9.59 Å². The number of methoxy groups -OCH3 is 1. The molecule has 4 rings (SSSR count).